The second-order valence-electron chi connectivity index (χ2n) is 8.37. The molecule has 0 aromatic heterocycles. The van der Waals surface area contributed by atoms with E-state index < -0.39 is 55.5 Å². The molecule has 9 heteroatoms. The highest BCUT2D eigenvalue weighted by atomic mass is 35.5. The van der Waals surface area contributed by atoms with Crippen LogP contribution in [0.25, 0.3) is 0 Å². The van der Waals surface area contributed by atoms with Crippen LogP contribution >= 0.6 is 23.2 Å². The van der Waals surface area contributed by atoms with Gasteiger partial charge in [-0.2, -0.15) is 0 Å². The minimum Gasteiger partial charge on any atom is -0.274 e. The predicted molar refractivity (Wildman–Crippen MR) is 119 cm³/mol. The van der Waals surface area contributed by atoms with E-state index in [0.29, 0.717) is 27.2 Å². The van der Waals surface area contributed by atoms with Gasteiger partial charge in [-0.05, 0) is 28.3 Å². The lowest BCUT2D eigenvalue weighted by Gasteiger charge is -2.54. The molecule has 0 radical (unpaired) electrons. The maximum absolute atomic E-state index is 14.8. The molecular formula is C24H13Cl2FN2O4. The molecule has 3 aromatic rings. The molecule has 164 valence electrons. The van der Waals surface area contributed by atoms with Crippen LogP contribution in [0.1, 0.15) is 22.3 Å². The molecule has 0 N–H and O–H groups in total. The van der Waals surface area contributed by atoms with Crippen LogP contribution in [0.2, 0.25) is 0 Å². The maximum Gasteiger partial charge on any atom is 0.271 e. The van der Waals surface area contributed by atoms with Crippen molar-refractivity contribution in [3.63, 3.8) is 0 Å². The average molecular weight is 483 g/mol. The molecule has 1 fully saturated rings. The van der Waals surface area contributed by atoms with Crippen molar-refractivity contribution < 1.29 is 18.9 Å². The molecule has 0 saturated carbocycles. The number of alkyl halides is 2. The van der Waals surface area contributed by atoms with Crippen molar-refractivity contribution in [3.8, 4) is 0 Å². The van der Waals surface area contributed by atoms with Crippen molar-refractivity contribution >= 4 is 46.4 Å². The van der Waals surface area contributed by atoms with Gasteiger partial charge in [0, 0.05) is 12.1 Å². The van der Waals surface area contributed by atoms with Crippen LogP contribution in [0.4, 0.5) is 15.8 Å². The number of halogens is 3. The van der Waals surface area contributed by atoms with Crippen LogP contribution in [0.3, 0.4) is 0 Å². The topological polar surface area (TPSA) is 80.5 Å². The number of amides is 2. The number of carbonyl (C=O) groups is 2. The molecule has 6 nitrogen and oxygen atoms in total. The molecule has 2 bridgehead atoms. The first-order valence-corrected chi connectivity index (χ1v) is 10.9. The van der Waals surface area contributed by atoms with Crippen LogP contribution < -0.4 is 4.90 Å². The second-order valence-corrected chi connectivity index (χ2v) is 9.57. The molecule has 1 aliphatic heterocycles. The number of hydrogen-bond acceptors (Lipinski definition) is 4. The third-order valence-electron chi connectivity index (χ3n) is 6.97. The van der Waals surface area contributed by atoms with Gasteiger partial charge in [0.2, 0.25) is 11.8 Å². The molecule has 33 heavy (non-hydrogen) atoms. The van der Waals surface area contributed by atoms with Gasteiger partial charge in [0.05, 0.1) is 22.4 Å². The Kier molecular flexibility index (Phi) is 3.94. The van der Waals surface area contributed by atoms with Gasteiger partial charge in [0.25, 0.3) is 5.69 Å². The van der Waals surface area contributed by atoms with Crippen molar-refractivity contribution in [1.82, 2.24) is 0 Å². The van der Waals surface area contributed by atoms with E-state index in [1.54, 1.807) is 48.5 Å². The van der Waals surface area contributed by atoms with Gasteiger partial charge in [-0.25, -0.2) is 9.29 Å². The standard InChI is InChI=1S/C24H13Cl2FN2O4/c25-23-13-5-1-2-6-14(13)24(26,16-8-4-3-7-15(16)23)20-19(23)21(30)28(22(20)31)18-11-12(29(32)33)9-10-17(18)27/h1-11,19-20H/t19-,20-,23?,24?/m1/s1. The predicted octanol–water partition coefficient (Wildman–Crippen LogP) is 4.83. The summed E-state index contributed by atoms with van der Waals surface area (Å²) in [5.41, 5.74) is 1.53. The van der Waals surface area contributed by atoms with E-state index in [1.165, 1.54) is 0 Å². The van der Waals surface area contributed by atoms with Gasteiger partial charge in [-0.15, -0.1) is 23.2 Å². The summed E-state index contributed by atoms with van der Waals surface area (Å²) in [5, 5.41) is 11.3. The molecule has 4 aliphatic rings. The van der Waals surface area contributed by atoms with Gasteiger partial charge < -0.3 is 0 Å². The van der Waals surface area contributed by atoms with Crippen LogP contribution in [0.5, 0.6) is 0 Å². The first-order valence-electron chi connectivity index (χ1n) is 10.1. The van der Waals surface area contributed by atoms with E-state index in [4.69, 9.17) is 23.2 Å². The van der Waals surface area contributed by atoms with E-state index in [9.17, 15) is 24.1 Å². The quantitative estimate of drug-likeness (QED) is 0.226. The SMILES string of the molecule is O=C1[C@H]2[C@H](C(=O)N1c1cc([N+](=O)[O-])ccc1F)C1(Cl)c3ccccc3C2(Cl)c2ccccc21. The maximum atomic E-state index is 14.8. The summed E-state index contributed by atoms with van der Waals surface area (Å²) in [6.07, 6.45) is 0. The number of carbonyl (C=O) groups excluding carboxylic acids is 2. The highest BCUT2D eigenvalue weighted by Crippen LogP contribution is 2.69. The average Bonchev–Trinajstić information content (AvgIpc) is 3.09. The van der Waals surface area contributed by atoms with Crippen LogP contribution in [-0.2, 0) is 19.3 Å². The number of imide groups is 1. The molecule has 1 heterocycles. The Morgan fingerprint density at radius 1 is 0.818 bits per heavy atom. The van der Waals surface area contributed by atoms with Crippen LogP contribution in [0.15, 0.2) is 66.7 Å². The summed E-state index contributed by atoms with van der Waals surface area (Å²) in [6.45, 7) is 0. The van der Waals surface area contributed by atoms with Crippen molar-refractivity contribution in [1.29, 1.82) is 0 Å². The molecule has 0 spiro atoms. The lowest BCUT2D eigenvalue weighted by atomic mass is 9.54. The number of nitro groups is 1. The highest BCUT2D eigenvalue weighted by molar-refractivity contribution is 6.38. The minimum atomic E-state index is -1.41. The Bertz CT molecular complexity index is 1300. The number of rotatable bonds is 2. The first-order chi connectivity index (χ1) is 15.7. The Labute approximate surface area is 196 Å². The van der Waals surface area contributed by atoms with Crippen LogP contribution in [-0.4, -0.2) is 16.7 Å². The summed E-state index contributed by atoms with van der Waals surface area (Å²) in [7, 11) is 0. The molecule has 7 rings (SSSR count). The van der Waals surface area contributed by atoms with Crippen molar-refractivity contribution in [2.75, 3.05) is 4.90 Å². The zero-order chi connectivity index (χ0) is 23.3. The zero-order valence-electron chi connectivity index (χ0n) is 16.7. The lowest BCUT2D eigenvalue weighted by molar-refractivity contribution is -0.384. The minimum absolute atomic E-state index is 0.447. The Morgan fingerprint density at radius 3 is 1.64 bits per heavy atom. The van der Waals surface area contributed by atoms with Gasteiger partial charge in [0.1, 0.15) is 15.6 Å². The number of anilines is 1. The number of nitro benzene ring substituents is 1. The van der Waals surface area contributed by atoms with Crippen LogP contribution in [0, 0.1) is 27.8 Å². The van der Waals surface area contributed by atoms with E-state index in [1.807, 2.05) is 0 Å². The van der Waals surface area contributed by atoms with Crippen molar-refractivity contribution in [2.45, 2.75) is 9.75 Å². The van der Waals surface area contributed by atoms with Gasteiger partial charge >= 0.3 is 0 Å². The molecule has 3 aliphatic carbocycles. The summed E-state index contributed by atoms with van der Waals surface area (Å²) in [6, 6.07) is 16.9. The Morgan fingerprint density at radius 2 is 1.24 bits per heavy atom. The van der Waals surface area contributed by atoms with E-state index in [-0.39, 0.29) is 0 Å². The van der Waals surface area contributed by atoms with Gasteiger partial charge in [-0.1, -0.05) is 48.5 Å². The monoisotopic (exact) mass is 482 g/mol. The molecule has 1 saturated heterocycles. The molecule has 2 amide bonds. The Balaban J connectivity index is 1.64. The fourth-order valence-corrected chi connectivity index (χ4v) is 6.79. The number of benzene rings is 3. The van der Waals surface area contributed by atoms with Gasteiger partial charge in [-0.3, -0.25) is 19.7 Å². The molecule has 0 unspecified atom stereocenters. The van der Waals surface area contributed by atoms with E-state index in [0.717, 1.165) is 18.2 Å². The normalized spacial score (nSPS) is 29.0. The largest absolute Gasteiger partial charge is 0.274 e. The number of hydrogen-bond donors (Lipinski definition) is 0. The summed E-state index contributed by atoms with van der Waals surface area (Å²) in [5.74, 6) is -4.65. The smallest absolute Gasteiger partial charge is 0.271 e. The summed E-state index contributed by atoms with van der Waals surface area (Å²) in [4.78, 5) is 35.9. The third-order valence-corrected chi connectivity index (χ3v) is 8.25. The molecule has 3 aromatic carbocycles. The first kappa shape index (κ1) is 20.3. The lowest BCUT2D eigenvalue weighted by Crippen LogP contribution is -2.57. The van der Waals surface area contributed by atoms with Gasteiger partial charge in [0.15, 0.2) is 0 Å². The van der Waals surface area contributed by atoms with Crippen molar-refractivity contribution in [3.05, 3.63) is 105 Å². The highest BCUT2D eigenvalue weighted by Gasteiger charge is 2.73. The van der Waals surface area contributed by atoms with E-state index in [2.05, 4.69) is 0 Å². The van der Waals surface area contributed by atoms with Crippen molar-refractivity contribution in [2.24, 2.45) is 11.8 Å². The summed E-state index contributed by atoms with van der Waals surface area (Å²) < 4.78 is 14.8. The fourth-order valence-electron chi connectivity index (χ4n) is 5.69. The fraction of sp³-hybridized carbons (Fsp3) is 0.167. The Hall–Kier alpha value is -3.29. The molecule has 2 atom stereocenters. The number of nitrogens with zero attached hydrogens (tertiary/aromatic N) is 2. The molecular weight excluding hydrogens is 470 g/mol. The third kappa shape index (κ3) is 2.24. The second kappa shape index (κ2) is 6.40. The van der Waals surface area contributed by atoms with E-state index >= 15 is 0 Å². The summed E-state index contributed by atoms with van der Waals surface area (Å²) >= 11 is 14.6. The zero-order valence-corrected chi connectivity index (χ0v) is 18.2. The number of non-ortho nitro benzene ring substituents is 1.